The number of hydrogen-bond acceptors (Lipinski definition) is 4. The van der Waals surface area contributed by atoms with Gasteiger partial charge in [0, 0.05) is 0 Å². The lowest BCUT2D eigenvalue weighted by Crippen LogP contribution is -2.13. The molecule has 0 unspecified atom stereocenters. The molecule has 0 aliphatic carbocycles. The Morgan fingerprint density at radius 3 is 2.31 bits per heavy atom. The zero-order chi connectivity index (χ0) is 25.5. The zero-order valence-electron chi connectivity index (χ0n) is 19.2. The van der Waals surface area contributed by atoms with E-state index in [9.17, 15) is 26.7 Å². The normalized spacial score (nSPS) is 16.7. The molecule has 2 heterocycles. The van der Waals surface area contributed by atoms with Gasteiger partial charge in [-0.1, -0.05) is 31.1 Å². The summed E-state index contributed by atoms with van der Waals surface area (Å²) in [5, 5.41) is 0. The number of fused-ring (bicyclic) bond motifs is 12. The molecule has 2 aromatic carbocycles. The van der Waals surface area contributed by atoms with E-state index < -0.39 is 47.2 Å². The average molecular weight is 496 g/mol. The summed E-state index contributed by atoms with van der Waals surface area (Å²) in [6.07, 6.45) is 6.40. The van der Waals surface area contributed by atoms with Gasteiger partial charge in [-0.2, -0.15) is 0 Å². The number of halogens is 5. The smallest absolute Gasteiger partial charge is 0.342 e. The first-order valence-electron chi connectivity index (χ1n) is 11.1. The molecule has 0 spiro atoms. The predicted octanol–water partition coefficient (Wildman–Crippen LogP) is 6.96. The summed E-state index contributed by atoms with van der Waals surface area (Å²) in [5.41, 5.74) is 0.546. The molecule has 0 N–H and O–H groups in total. The first kappa shape index (κ1) is 26.2. The van der Waals surface area contributed by atoms with Gasteiger partial charge in [0.05, 0.1) is 12.2 Å². The van der Waals surface area contributed by atoms with Crippen LogP contribution in [0.1, 0.15) is 54.9 Å². The van der Waals surface area contributed by atoms with Crippen LogP contribution in [0.25, 0.3) is 0 Å². The molecule has 9 heteroatoms. The molecule has 4 rings (SSSR count). The van der Waals surface area contributed by atoms with Crippen LogP contribution in [0, 0.1) is 29.1 Å². The fourth-order valence-electron chi connectivity index (χ4n) is 3.53. The van der Waals surface area contributed by atoms with Crippen molar-refractivity contribution >= 4 is 5.97 Å². The molecule has 4 nitrogen and oxygen atoms in total. The largest absolute Gasteiger partial charge is 0.493 e. The van der Waals surface area contributed by atoms with Crippen molar-refractivity contribution in [1.82, 2.24) is 0 Å². The molecule has 0 atom stereocenters. The quantitative estimate of drug-likeness (QED) is 0.199. The van der Waals surface area contributed by atoms with E-state index in [0.29, 0.717) is 12.4 Å². The molecular weight excluding hydrogens is 471 g/mol. The van der Waals surface area contributed by atoms with Crippen molar-refractivity contribution in [2.45, 2.75) is 45.6 Å². The van der Waals surface area contributed by atoms with Gasteiger partial charge in [0.1, 0.15) is 30.3 Å². The highest BCUT2D eigenvalue weighted by Gasteiger charge is 2.27. The maximum atomic E-state index is 13.9. The third-order valence-electron chi connectivity index (χ3n) is 5.39. The summed E-state index contributed by atoms with van der Waals surface area (Å²) in [5.74, 6) is -11.3. The maximum absolute atomic E-state index is 13.9. The van der Waals surface area contributed by atoms with Crippen molar-refractivity contribution in [2.75, 3.05) is 13.2 Å². The van der Waals surface area contributed by atoms with Gasteiger partial charge in [0.2, 0.25) is 5.82 Å². The van der Waals surface area contributed by atoms with Gasteiger partial charge < -0.3 is 14.2 Å². The molecule has 35 heavy (non-hydrogen) atoms. The highest BCUT2D eigenvalue weighted by Crippen LogP contribution is 2.28. The number of hydrogen-bond donors (Lipinski definition) is 0. The summed E-state index contributed by atoms with van der Waals surface area (Å²) < 4.78 is 84.4. The molecule has 2 bridgehead atoms. The third-order valence-corrected chi connectivity index (χ3v) is 5.39. The van der Waals surface area contributed by atoms with Crippen LogP contribution in [0.15, 0.2) is 42.0 Å². The number of allylic oxidation sites excluding steroid dienone is 2. The summed E-state index contributed by atoms with van der Waals surface area (Å²) in [7, 11) is 0. The van der Waals surface area contributed by atoms with Crippen molar-refractivity contribution < 1.29 is 41.0 Å². The van der Waals surface area contributed by atoms with E-state index in [2.05, 4.69) is 6.58 Å². The second kappa shape index (κ2) is 11.9. The van der Waals surface area contributed by atoms with E-state index >= 15 is 0 Å². The predicted molar refractivity (Wildman–Crippen MR) is 119 cm³/mol. The first-order valence-corrected chi connectivity index (χ1v) is 11.1. The minimum atomic E-state index is -2.29. The Morgan fingerprint density at radius 2 is 1.60 bits per heavy atom. The molecule has 0 radical (unpaired) electrons. The van der Waals surface area contributed by atoms with Crippen LogP contribution in [-0.2, 0) is 11.3 Å². The second-order valence-electron chi connectivity index (χ2n) is 8.23. The second-order valence-corrected chi connectivity index (χ2v) is 8.23. The molecule has 0 fully saturated rings. The topological polar surface area (TPSA) is 44.8 Å². The van der Waals surface area contributed by atoms with Gasteiger partial charge in [-0.05, 0) is 50.0 Å². The first-order chi connectivity index (χ1) is 16.7. The number of esters is 1. The van der Waals surface area contributed by atoms with Crippen LogP contribution in [0.3, 0.4) is 0 Å². The average Bonchev–Trinajstić information content (AvgIpc) is 2.84. The van der Waals surface area contributed by atoms with Gasteiger partial charge in [0.25, 0.3) is 0 Å². The number of carbonyl (C=O) groups excluding carboxylic acids is 1. The van der Waals surface area contributed by atoms with E-state index in [1.807, 2.05) is 13.0 Å². The number of rotatable bonds is 3. The summed E-state index contributed by atoms with van der Waals surface area (Å²) in [6.45, 7) is 5.29. The third kappa shape index (κ3) is 6.61. The Kier molecular flexibility index (Phi) is 8.89. The molecule has 2 aliphatic heterocycles. The Bertz CT molecular complexity index is 1110. The SMILES string of the molecule is C=C1/C=C(/C)COc2ccc(c(C(=O)OCc3c(F)c(F)c(F)c(F)c3F)c2)OCCCCCC1. The molecule has 0 saturated heterocycles. The monoisotopic (exact) mass is 496 g/mol. The Labute approximate surface area is 200 Å². The van der Waals surface area contributed by atoms with Crippen LogP contribution in [0.2, 0.25) is 0 Å². The van der Waals surface area contributed by atoms with E-state index in [0.717, 1.165) is 43.3 Å². The Hall–Kier alpha value is -3.36. The number of benzene rings is 2. The molecule has 0 aromatic heterocycles. The van der Waals surface area contributed by atoms with Gasteiger partial charge in [0.15, 0.2) is 23.3 Å². The van der Waals surface area contributed by atoms with Crippen molar-refractivity contribution in [3.05, 3.63) is 82.2 Å². The van der Waals surface area contributed by atoms with E-state index in [-0.39, 0.29) is 17.9 Å². The van der Waals surface area contributed by atoms with Crippen LogP contribution in [0.5, 0.6) is 11.5 Å². The van der Waals surface area contributed by atoms with Gasteiger partial charge in [-0.25, -0.2) is 26.7 Å². The minimum absolute atomic E-state index is 0.107. The van der Waals surface area contributed by atoms with Crippen molar-refractivity contribution in [3.8, 4) is 11.5 Å². The lowest BCUT2D eigenvalue weighted by molar-refractivity contribution is 0.0457. The summed E-state index contributed by atoms with van der Waals surface area (Å²) in [4.78, 5) is 12.7. The lowest BCUT2D eigenvalue weighted by Gasteiger charge is -2.15. The molecule has 2 aliphatic rings. The Balaban J connectivity index is 1.84. The van der Waals surface area contributed by atoms with Crippen molar-refractivity contribution in [1.29, 1.82) is 0 Å². The van der Waals surface area contributed by atoms with Gasteiger partial charge >= 0.3 is 5.97 Å². The summed E-state index contributed by atoms with van der Waals surface area (Å²) in [6, 6.07) is 4.42. The summed E-state index contributed by atoms with van der Waals surface area (Å²) >= 11 is 0. The van der Waals surface area contributed by atoms with Crippen LogP contribution < -0.4 is 9.47 Å². The van der Waals surface area contributed by atoms with Crippen LogP contribution >= 0.6 is 0 Å². The Morgan fingerprint density at radius 1 is 0.943 bits per heavy atom. The molecule has 0 amide bonds. The highest BCUT2D eigenvalue weighted by atomic mass is 19.2. The fourth-order valence-corrected chi connectivity index (χ4v) is 3.53. The minimum Gasteiger partial charge on any atom is -0.493 e. The lowest BCUT2D eigenvalue weighted by atomic mass is 10.1. The van der Waals surface area contributed by atoms with E-state index in [4.69, 9.17) is 14.2 Å². The fraction of sp³-hybridized carbons (Fsp3) is 0.346. The molecule has 2 aromatic rings. The van der Waals surface area contributed by atoms with E-state index in [1.165, 1.54) is 12.1 Å². The number of ether oxygens (including phenoxy) is 3. The standard InChI is InChI=1S/C26H25F5O4/c1-15-7-5-3-4-6-10-33-20-9-8-17(34-13-16(2)11-15)12-18(20)26(32)35-14-19-21(27)23(29)25(31)24(30)22(19)28/h8-9,11-12H,1,3-7,10,13-14H2,2H3/b16-11-. The molecular formula is C26H25F5O4. The maximum Gasteiger partial charge on any atom is 0.342 e. The molecule has 188 valence electrons. The van der Waals surface area contributed by atoms with Crippen molar-refractivity contribution in [2.24, 2.45) is 0 Å². The van der Waals surface area contributed by atoms with Gasteiger partial charge in [-0.3, -0.25) is 0 Å². The van der Waals surface area contributed by atoms with Crippen LogP contribution in [-0.4, -0.2) is 19.2 Å². The molecule has 0 saturated carbocycles. The van der Waals surface area contributed by atoms with E-state index in [1.54, 1.807) is 6.07 Å². The zero-order valence-corrected chi connectivity index (χ0v) is 19.2. The number of carbonyl (C=O) groups is 1. The highest BCUT2D eigenvalue weighted by molar-refractivity contribution is 5.93. The van der Waals surface area contributed by atoms with Crippen molar-refractivity contribution in [3.63, 3.8) is 0 Å². The van der Waals surface area contributed by atoms with Gasteiger partial charge in [-0.15, -0.1) is 0 Å². The van der Waals surface area contributed by atoms with Crippen LogP contribution in [0.4, 0.5) is 22.0 Å².